The van der Waals surface area contributed by atoms with Crippen LogP contribution in [0.2, 0.25) is 0 Å². The first-order chi connectivity index (χ1) is 10.5. The summed E-state index contributed by atoms with van der Waals surface area (Å²) in [6.07, 6.45) is 0. The molecule has 0 saturated heterocycles. The van der Waals surface area contributed by atoms with Crippen molar-refractivity contribution in [3.05, 3.63) is 29.3 Å². The maximum atomic E-state index is 11.5. The van der Waals surface area contributed by atoms with E-state index in [1.165, 1.54) is 0 Å². The van der Waals surface area contributed by atoms with Crippen molar-refractivity contribution in [2.45, 2.75) is 78.2 Å². The van der Waals surface area contributed by atoms with Crippen molar-refractivity contribution in [3.63, 3.8) is 0 Å². The minimum absolute atomic E-state index is 0.0578. The Labute approximate surface area is 141 Å². The summed E-state index contributed by atoms with van der Waals surface area (Å²) in [6, 6.07) is 5.31. The third kappa shape index (κ3) is 3.88. The Bertz CT molecular complexity index is 528. The van der Waals surface area contributed by atoms with Crippen LogP contribution < -0.4 is 4.74 Å². The van der Waals surface area contributed by atoms with Gasteiger partial charge in [-0.05, 0) is 0 Å². The standard InChI is InChI=1S/C19H33O3P/c1-12(2)23(13(3)4,14(5)6)16(8)22-18-11-15(7)9-10-17(18)19(20)21/h9-14,16,23H,1-8H3,(H,20,21). The predicted molar refractivity (Wildman–Crippen MR) is 102 cm³/mol. The fourth-order valence-corrected chi connectivity index (χ4v) is 11.8. The molecule has 3 nitrogen and oxygen atoms in total. The van der Waals surface area contributed by atoms with Crippen LogP contribution in [0, 0.1) is 6.92 Å². The molecular weight excluding hydrogens is 307 g/mol. The zero-order valence-electron chi connectivity index (χ0n) is 15.8. The topological polar surface area (TPSA) is 46.5 Å². The predicted octanol–water partition coefficient (Wildman–Crippen LogP) is 5.39. The molecule has 0 radical (unpaired) electrons. The Morgan fingerprint density at radius 2 is 1.48 bits per heavy atom. The average Bonchev–Trinajstić information content (AvgIpc) is 2.37. The van der Waals surface area contributed by atoms with Crippen molar-refractivity contribution in [1.29, 1.82) is 0 Å². The third-order valence-electron chi connectivity index (χ3n) is 5.38. The van der Waals surface area contributed by atoms with Crippen LogP contribution in [-0.2, 0) is 0 Å². The van der Waals surface area contributed by atoms with Gasteiger partial charge in [-0.3, -0.25) is 0 Å². The number of carboxylic acids is 1. The van der Waals surface area contributed by atoms with E-state index in [2.05, 4.69) is 48.5 Å². The van der Waals surface area contributed by atoms with Crippen LogP contribution in [0.1, 0.15) is 64.4 Å². The van der Waals surface area contributed by atoms with Gasteiger partial charge in [0.15, 0.2) is 0 Å². The van der Waals surface area contributed by atoms with Gasteiger partial charge in [0.25, 0.3) is 0 Å². The van der Waals surface area contributed by atoms with E-state index in [4.69, 9.17) is 4.74 Å². The normalized spacial score (nSPS) is 14.4. The Hall–Kier alpha value is -1.08. The van der Waals surface area contributed by atoms with Gasteiger partial charge in [0, 0.05) is 0 Å². The maximum absolute atomic E-state index is 11.5. The van der Waals surface area contributed by atoms with Crippen molar-refractivity contribution in [2.24, 2.45) is 0 Å². The van der Waals surface area contributed by atoms with Crippen LogP contribution in [0.5, 0.6) is 5.75 Å². The number of ether oxygens (including phenoxy) is 1. The number of hydrogen-bond donors (Lipinski definition) is 1. The second-order valence-corrected chi connectivity index (χ2v) is 13.8. The van der Waals surface area contributed by atoms with Gasteiger partial charge < -0.3 is 0 Å². The van der Waals surface area contributed by atoms with E-state index in [1.807, 2.05) is 19.1 Å². The molecule has 1 aromatic carbocycles. The van der Waals surface area contributed by atoms with Gasteiger partial charge in [-0.15, -0.1) is 0 Å². The molecule has 1 aromatic rings. The second-order valence-electron chi connectivity index (χ2n) is 7.53. The molecule has 0 heterocycles. The van der Waals surface area contributed by atoms with Crippen LogP contribution in [0.4, 0.5) is 0 Å². The molecule has 0 aliphatic carbocycles. The van der Waals surface area contributed by atoms with Gasteiger partial charge in [0.1, 0.15) is 0 Å². The van der Waals surface area contributed by atoms with Crippen LogP contribution in [0.15, 0.2) is 18.2 Å². The Morgan fingerprint density at radius 1 is 1.00 bits per heavy atom. The number of aromatic carboxylic acids is 1. The summed E-state index contributed by atoms with van der Waals surface area (Å²) >= 11 is 0. The van der Waals surface area contributed by atoms with Crippen LogP contribution in [-0.4, -0.2) is 33.9 Å². The minimum atomic E-state index is -1.80. The average molecular weight is 340 g/mol. The van der Waals surface area contributed by atoms with Gasteiger partial charge in [-0.25, -0.2) is 0 Å². The molecule has 0 spiro atoms. The van der Waals surface area contributed by atoms with Crippen molar-refractivity contribution in [2.75, 3.05) is 0 Å². The van der Waals surface area contributed by atoms with E-state index >= 15 is 0 Å². The van der Waals surface area contributed by atoms with Gasteiger partial charge in [-0.1, -0.05) is 0 Å². The van der Waals surface area contributed by atoms with E-state index in [0.717, 1.165) is 5.56 Å². The van der Waals surface area contributed by atoms with Gasteiger partial charge in [0.05, 0.1) is 0 Å². The molecule has 132 valence electrons. The zero-order chi connectivity index (χ0) is 17.9. The number of aryl methyl sites for hydroxylation is 1. The zero-order valence-corrected chi connectivity index (χ0v) is 16.8. The first-order valence-corrected chi connectivity index (χ1v) is 10.9. The van der Waals surface area contributed by atoms with Gasteiger partial charge in [0.2, 0.25) is 0 Å². The Morgan fingerprint density at radius 3 is 1.87 bits per heavy atom. The molecule has 0 aromatic heterocycles. The summed E-state index contributed by atoms with van der Waals surface area (Å²) in [6.45, 7) is 17.9. The summed E-state index contributed by atoms with van der Waals surface area (Å²) in [4.78, 5) is 11.5. The van der Waals surface area contributed by atoms with E-state index in [0.29, 0.717) is 22.7 Å². The van der Waals surface area contributed by atoms with Crippen molar-refractivity contribution in [3.8, 4) is 5.75 Å². The molecule has 4 heteroatoms. The monoisotopic (exact) mass is 340 g/mol. The number of rotatable bonds is 7. The first-order valence-electron chi connectivity index (χ1n) is 8.55. The second kappa shape index (κ2) is 7.66. The summed E-state index contributed by atoms with van der Waals surface area (Å²) in [5, 5.41) is 9.43. The molecule has 0 fully saturated rings. The molecule has 1 rings (SSSR count). The fraction of sp³-hybridized carbons (Fsp3) is 0.632. The quantitative estimate of drug-likeness (QED) is 0.677. The van der Waals surface area contributed by atoms with Crippen molar-refractivity contribution in [1.82, 2.24) is 0 Å². The van der Waals surface area contributed by atoms with Crippen LogP contribution in [0.3, 0.4) is 0 Å². The van der Waals surface area contributed by atoms with Gasteiger partial charge >= 0.3 is 141 Å². The molecule has 23 heavy (non-hydrogen) atoms. The molecule has 1 atom stereocenters. The summed E-state index contributed by atoms with van der Waals surface area (Å²) in [5.74, 6) is -0.371. The summed E-state index contributed by atoms with van der Waals surface area (Å²) < 4.78 is 6.32. The van der Waals surface area contributed by atoms with E-state index < -0.39 is 13.2 Å². The Balaban J connectivity index is 3.31. The van der Waals surface area contributed by atoms with Crippen LogP contribution >= 0.6 is 7.26 Å². The van der Waals surface area contributed by atoms with E-state index in [-0.39, 0.29) is 11.4 Å². The van der Waals surface area contributed by atoms with Crippen molar-refractivity contribution >= 4 is 13.2 Å². The van der Waals surface area contributed by atoms with Gasteiger partial charge in [-0.2, -0.15) is 0 Å². The molecule has 1 N–H and O–H groups in total. The fourth-order valence-electron chi connectivity index (χ4n) is 4.60. The Kier molecular flexibility index (Phi) is 6.65. The molecule has 0 aliphatic heterocycles. The number of hydrogen-bond acceptors (Lipinski definition) is 2. The number of carboxylic acid groups (broad SMARTS) is 1. The van der Waals surface area contributed by atoms with Crippen LogP contribution in [0.25, 0.3) is 0 Å². The summed E-state index contributed by atoms with van der Waals surface area (Å²) in [5.41, 5.74) is 2.96. The third-order valence-corrected chi connectivity index (χ3v) is 12.9. The number of carbonyl (C=O) groups is 1. The molecule has 0 aliphatic rings. The molecule has 0 bridgehead atoms. The summed E-state index contributed by atoms with van der Waals surface area (Å²) in [7, 11) is -1.80. The molecule has 0 amide bonds. The first kappa shape index (κ1) is 20.0. The number of benzene rings is 1. The SMILES string of the molecule is Cc1ccc(C(=O)O)c(OC(C)[PH](C(C)C)(C(C)C)C(C)C)c1. The molecule has 0 saturated carbocycles. The molecular formula is C19H33O3P. The van der Waals surface area contributed by atoms with E-state index in [1.54, 1.807) is 6.07 Å². The molecule has 1 unspecified atom stereocenters. The van der Waals surface area contributed by atoms with Crippen molar-refractivity contribution < 1.29 is 14.6 Å². The van der Waals surface area contributed by atoms with E-state index in [9.17, 15) is 9.90 Å².